The van der Waals surface area contributed by atoms with E-state index >= 15 is 0 Å². The van der Waals surface area contributed by atoms with Crippen LogP contribution >= 0.6 is 0 Å². The fraction of sp³-hybridized carbons (Fsp3) is 0.800. The Morgan fingerprint density at radius 2 is 2.43 bits per heavy atom. The maximum Gasteiger partial charge on any atom is 0.135 e. The molecule has 1 fully saturated rings. The van der Waals surface area contributed by atoms with Crippen molar-refractivity contribution < 1.29 is 0 Å². The molecular weight excluding hydrogens is 176 g/mol. The molecule has 1 aliphatic rings. The lowest BCUT2D eigenvalue weighted by Gasteiger charge is -2.25. The van der Waals surface area contributed by atoms with Gasteiger partial charge >= 0.3 is 0 Å². The largest absolute Gasteiger partial charge is 0.328 e. The summed E-state index contributed by atoms with van der Waals surface area (Å²) in [6, 6.07) is 0.357. The predicted octanol–water partition coefficient (Wildman–Crippen LogP) is 1.28. The predicted molar refractivity (Wildman–Crippen MR) is 54.9 cm³/mol. The Hall–Kier alpha value is -0.900. The van der Waals surface area contributed by atoms with E-state index in [4.69, 9.17) is 5.73 Å². The molecule has 0 spiro atoms. The van der Waals surface area contributed by atoms with Gasteiger partial charge in [-0.1, -0.05) is 6.42 Å². The second-order valence-corrected chi connectivity index (χ2v) is 4.10. The zero-order valence-corrected chi connectivity index (χ0v) is 8.69. The van der Waals surface area contributed by atoms with Crippen molar-refractivity contribution in [2.24, 2.45) is 5.73 Å². The van der Waals surface area contributed by atoms with E-state index < -0.39 is 0 Å². The van der Waals surface area contributed by atoms with Gasteiger partial charge in [0.15, 0.2) is 0 Å². The van der Waals surface area contributed by atoms with Gasteiger partial charge in [-0.15, -0.1) is 10.2 Å². The van der Waals surface area contributed by atoms with E-state index in [1.54, 1.807) is 0 Å². The van der Waals surface area contributed by atoms with E-state index in [0.717, 1.165) is 25.2 Å². The zero-order chi connectivity index (χ0) is 9.97. The average Bonchev–Trinajstić information content (AvgIpc) is 2.65. The Labute approximate surface area is 84.5 Å². The fourth-order valence-electron chi connectivity index (χ4n) is 2.29. The maximum absolute atomic E-state index is 5.97. The smallest absolute Gasteiger partial charge is 0.135 e. The van der Waals surface area contributed by atoms with Crippen molar-refractivity contribution in [3.8, 4) is 0 Å². The van der Waals surface area contributed by atoms with Crippen LogP contribution < -0.4 is 5.73 Å². The molecule has 14 heavy (non-hydrogen) atoms. The van der Waals surface area contributed by atoms with Gasteiger partial charge in [-0.2, -0.15) is 0 Å². The molecule has 2 N–H and O–H groups in total. The van der Waals surface area contributed by atoms with Crippen LogP contribution in [-0.4, -0.2) is 20.8 Å². The minimum atomic E-state index is 0.357. The first-order valence-corrected chi connectivity index (χ1v) is 5.44. The molecule has 0 radical (unpaired) electrons. The first-order valence-electron chi connectivity index (χ1n) is 5.44. The van der Waals surface area contributed by atoms with Crippen LogP contribution in [0.25, 0.3) is 0 Å². The molecule has 1 heterocycles. The summed E-state index contributed by atoms with van der Waals surface area (Å²) >= 11 is 0. The number of aryl methyl sites for hydroxylation is 1. The number of rotatable bonds is 2. The third-order valence-corrected chi connectivity index (χ3v) is 3.07. The van der Waals surface area contributed by atoms with E-state index in [9.17, 15) is 0 Å². The Balaban J connectivity index is 2.13. The van der Waals surface area contributed by atoms with Crippen LogP contribution in [0.3, 0.4) is 0 Å². The van der Waals surface area contributed by atoms with E-state index in [1.807, 2.05) is 6.33 Å². The van der Waals surface area contributed by atoms with Gasteiger partial charge in [0.25, 0.3) is 0 Å². The van der Waals surface area contributed by atoms with Gasteiger partial charge in [0.05, 0.1) is 0 Å². The second kappa shape index (κ2) is 4.09. The number of hydrogen-bond donors (Lipinski definition) is 1. The molecule has 0 aliphatic heterocycles. The molecule has 2 unspecified atom stereocenters. The van der Waals surface area contributed by atoms with Crippen molar-refractivity contribution in [1.82, 2.24) is 14.8 Å². The lowest BCUT2D eigenvalue weighted by atomic mass is 9.85. The molecule has 4 heteroatoms. The van der Waals surface area contributed by atoms with Gasteiger partial charge in [-0.25, -0.2) is 0 Å². The quantitative estimate of drug-likeness (QED) is 0.771. The van der Waals surface area contributed by atoms with Crippen molar-refractivity contribution >= 4 is 0 Å². The normalized spacial score (nSPS) is 27.9. The minimum absolute atomic E-state index is 0.357. The van der Waals surface area contributed by atoms with Crippen LogP contribution in [0.1, 0.15) is 44.3 Å². The zero-order valence-electron chi connectivity index (χ0n) is 8.69. The first-order chi connectivity index (χ1) is 6.81. The SMILES string of the molecule is CCn1cnnc1C1CCCC(N)C1. The standard InChI is InChI=1S/C10H18N4/c1-2-14-7-12-13-10(14)8-4-3-5-9(11)6-8/h7-9H,2-6,11H2,1H3. The van der Waals surface area contributed by atoms with E-state index in [1.165, 1.54) is 12.8 Å². The summed E-state index contributed by atoms with van der Waals surface area (Å²) in [4.78, 5) is 0. The first kappa shape index (κ1) is 9.65. The third kappa shape index (κ3) is 1.80. The van der Waals surface area contributed by atoms with Gasteiger partial charge in [-0.3, -0.25) is 0 Å². The van der Waals surface area contributed by atoms with Crippen LogP contribution in [0, 0.1) is 0 Å². The molecule has 1 aliphatic carbocycles. The lowest BCUT2D eigenvalue weighted by molar-refractivity contribution is 0.373. The molecule has 1 aromatic heterocycles. The Morgan fingerprint density at radius 3 is 3.14 bits per heavy atom. The highest BCUT2D eigenvalue weighted by molar-refractivity contribution is 4.99. The Morgan fingerprint density at radius 1 is 1.57 bits per heavy atom. The molecular formula is C10H18N4. The second-order valence-electron chi connectivity index (χ2n) is 4.10. The number of aromatic nitrogens is 3. The highest BCUT2D eigenvalue weighted by atomic mass is 15.3. The summed E-state index contributed by atoms with van der Waals surface area (Å²) in [6.07, 6.45) is 6.49. The summed E-state index contributed by atoms with van der Waals surface area (Å²) < 4.78 is 2.13. The molecule has 2 rings (SSSR count). The van der Waals surface area contributed by atoms with Gasteiger partial charge in [0.1, 0.15) is 12.2 Å². The van der Waals surface area contributed by atoms with Gasteiger partial charge in [0.2, 0.25) is 0 Å². The van der Waals surface area contributed by atoms with Crippen LogP contribution in [0.2, 0.25) is 0 Å². The highest BCUT2D eigenvalue weighted by Gasteiger charge is 2.24. The third-order valence-electron chi connectivity index (χ3n) is 3.07. The maximum atomic E-state index is 5.97. The molecule has 1 aromatic rings. The van der Waals surface area contributed by atoms with E-state index in [0.29, 0.717) is 12.0 Å². The topological polar surface area (TPSA) is 56.7 Å². The number of nitrogens with zero attached hydrogens (tertiary/aromatic N) is 3. The Bertz CT molecular complexity index is 294. The molecule has 78 valence electrons. The lowest BCUT2D eigenvalue weighted by Crippen LogP contribution is -2.28. The van der Waals surface area contributed by atoms with Crippen LogP contribution in [0.5, 0.6) is 0 Å². The average molecular weight is 194 g/mol. The van der Waals surface area contributed by atoms with E-state index in [-0.39, 0.29) is 0 Å². The monoisotopic (exact) mass is 194 g/mol. The van der Waals surface area contributed by atoms with Crippen molar-refractivity contribution in [2.75, 3.05) is 0 Å². The fourth-order valence-corrected chi connectivity index (χ4v) is 2.29. The number of hydrogen-bond acceptors (Lipinski definition) is 3. The summed E-state index contributed by atoms with van der Waals surface area (Å²) in [5.74, 6) is 1.66. The van der Waals surface area contributed by atoms with Crippen LogP contribution in [-0.2, 0) is 6.54 Å². The molecule has 4 nitrogen and oxygen atoms in total. The highest BCUT2D eigenvalue weighted by Crippen LogP contribution is 2.30. The van der Waals surface area contributed by atoms with Gasteiger partial charge in [-0.05, 0) is 26.2 Å². The van der Waals surface area contributed by atoms with Crippen molar-refractivity contribution in [3.63, 3.8) is 0 Å². The van der Waals surface area contributed by atoms with Crippen molar-refractivity contribution in [3.05, 3.63) is 12.2 Å². The molecule has 1 saturated carbocycles. The summed E-state index contributed by atoms with van der Waals surface area (Å²) in [7, 11) is 0. The van der Waals surface area contributed by atoms with Gasteiger partial charge < -0.3 is 10.3 Å². The van der Waals surface area contributed by atoms with E-state index in [2.05, 4.69) is 21.7 Å². The summed E-state index contributed by atoms with van der Waals surface area (Å²) in [5.41, 5.74) is 5.97. The van der Waals surface area contributed by atoms with Crippen LogP contribution in [0.15, 0.2) is 6.33 Å². The Kier molecular flexibility index (Phi) is 2.82. The minimum Gasteiger partial charge on any atom is -0.328 e. The van der Waals surface area contributed by atoms with Crippen molar-refractivity contribution in [2.45, 2.75) is 51.1 Å². The molecule has 0 saturated heterocycles. The molecule has 0 aromatic carbocycles. The number of nitrogens with two attached hydrogens (primary N) is 1. The molecule has 0 amide bonds. The van der Waals surface area contributed by atoms with Crippen molar-refractivity contribution in [1.29, 1.82) is 0 Å². The molecule has 2 atom stereocenters. The molecule has 0 bridgehead atoms. The summed E-state index contributed by atoms with van der Waals surface area (Å²) in [5, 5.41) is 8.17. The van der Waals surface area contributed by atoms with Gasteiger partial charge in [0, 0.05) is 18.5 Å². The summed E-state index contributed by atoms with van der Waals surface area (Å²) in [6.45, 7) is 3.07. The van der Waals surface area contributed by atoms with Crippen LogP contribution in [0.4, 0.5) is 0 Å².